The van der Waals surface area contributed by atoms with Gasteiger partial charge < -0.3 is 9.47 Å². The molecule has 2 aromatic rings. The number of rotatable bonds is 3. The summed E-state index contributed by atoms with van der Waals surface area (Å²) in [5.41, 5.74) is 1.02. The number of nitrogens with zero attached hydrogens (tertiary/aromatic N) is 1. The van der Waals surface area contributed by atoms with Crippen LogP contribution in [-0.4, -0.2) is 11.8 Å². The third-order valence-electron chi connectivity index (χ3n) is 2.55. The molecule has 0 bridgehead atoms. The average Bonchev–Trinajstić information content (AvgIpc) is 2.84. The van der Waals surface area contributed by atoms with Crippen molar-refractivity contribution >= 4 is 23.4 Å². The summed E-state index contributed by atoms with van der Waals surface area (Å²) in [6.45, 7) is 0.266. The lowest BCUT2D eigenvalue weighted by Crippen LogP contribution is -1.92. The molecule has 2 heterocycles. The number of pyridine rings is 1. The molecule has 0 radical (unpaired) electrons. The minimum atomic E-state index is 0.266. The Morgan fingerprint density at radius 2 is 2.06 bits per heavy atom. The first kappa shape index (κ1) is 11.7. The summed E-state index contributed by atoms with van der Waals surface area (Å²) >= 11 is 7.85. The highest BCUT2D eigenvalue weighted by Gasteiger charge is 2.16. The van der Waals surface area contributed by atoms with Crippen LogP contribution < -0.4 is 9.47 Å². The standard InChI is InChI=1S/C13H10ClNO2S/c14-10-6-12-11(16-8-17-12)5-9(10)7-18-13-3-1-2-4-15-13/h1-6H,7-8H2. The van der Waals surface area contributed by atoms with E-state index in [4.69, 9.17) is 21.1 Å². The molecule has 0 unspecified atom stereocenters. The predicted molar refractivity (Wildman–Crippen MR) is 71.4 cm³/mol. The quantitative estimate of drug-likeness (QED) is 0.801. The molecule has 3 rings (SSSR count). The molecule has 18 heavy (non-hydrogen) atoms. The number of ether oxygens (including phenoxy) is 2. The van der Waals surface area contributed by atoms with E-state index < -0.39 is 0 Å². The minimum absolute atomic E-state index is 0.266. The normalized spacial score (nSPS) is 12.7. The minimum Gasteiger partial charge on any atom is -0.454 e. The van der Waals surface area contributed by atoms with Crippen LogP contribution in [0.2, 0.25) is 5.02 Å². The molecule has 1 aromatic heterocycles. The van der Waals surface area contributed by atoms with Gasteiger partial charge in [-0.1, -0.05) is 17.7 Å². The van der Waals surface area contributed by atoms with Crippen molar-refractivity contribution in [1.29, 1.82) is 0 Å². The van der Waals surface area contributed by atoms with Gasteiger partial charge in [0.25, 0.3) is 0 Å². The van der Waals surface area contributed by atoms with Gasteiger partial charge in [-0.05, 0) is 23.8 Å². The van der Waals surface area contributed by atoms with Gasteiger partial charge in [0.1, 0.15) is 0 Å². The summed E-state index contributed by atoms with van der Waals surface area (Å²) in [5.74, 6) is 2.23. The van der Waals surface area contributed by atoms with Crippen LogP contribution in [-0.2, 0) is 5.75 Å². The zero-order chi connectivity index (χ0) is 12.4. The van der Waals surface area contributed by atoms with Crippen molar-refractivity contribution in [3.8, 4) is 11.5 Å². The summed E-state index contributed by atoms with van der Waals surface area (Å²) in [7, 11) is 0. The van der Waals surface area contributed by atoms with E-state index in [0.717, 1.165) is 22.1 Å². The second-order valence-corrected chi connectivity index (χ2v) is 5.16. The number of fused-ring (bicyclic) bond motifs is 1. The van der Waals surface area contributed by atoms with Gasteiger partial charge in [-0.15, -0.1) is 11.8 Å². The van der Waals surface area contributed by atoms with Crippen LogP contribution in [0.25, 0.3) is 0 Å². The Bertz CT molecular complexity index is 562. The Kier molecular flexibility index (Phi) is 3.30. The van der Waals surface area contributed by atoms with E-state index in [0.29, 0.717) is 10.8 Å². The maximum absolute atomic E-state index is 6.20. The molecule has 0 saturated heterocycles. The van der Waals surface area contributed by atoms with Crippen molar-refractivity contribution < 1.29 is 9.47 Å². The topological polar surface area (TPSA) is 31.4 Å². The largest absolute Gasteiger partial charge is 0.454 e. The fourth-order valence-corrected chi connectivity index (χ4v) is 2.81. The van der Waals surface area contributed by atoms with Crippen LogP contribution in [0.3, 0.4) is 0 Å². The van der Waals surface area contributed by atoms with Crippen molar-refractivity contribution in [3.05, 3.63) is 47.1 Å². The monoisotopic (exact) mass is 279 g/mol. The maximum Gasteiger partial charge on any atom is 0.231 e. The molecule has 0 spiro atoms. The fraction of sp³-hybridized carbons (Fsp3) is 0.154. The van der Waals surface area contributed by atoms with E-state index in [1.54, 1.807) is 24.0 Å². The Balaban J connectivity index is 1.77. The van der Waals surface area contributed by atoms with Crippen LogP contribution in [0.1, 0.15) is 5.56 Å². The average molecular weight is 280 g/mol. The van der Waals surface area contributed by atoms with Gasteiger partial charge in [-0.2, -0.15) is 0 Å². The molecule has 0 fully saturated rings. The molecule has 92 valence electrons. The number of thioether (sulfide) groups is 1. The molecule has 5 heteroatoms. The molecule has 0 aliphatic carbocycles. The van der Waals surface area contributed by atoms with E-state index in [1.807, 2.05) is 24.3 Å². The second kappa shape index (κ2) is 5.08. The van der Waals surface area contributed by atoms with E-state index in [1.165, 1.54) is 0 Å². The number of benzene rings is 1. The molecule has 0 saturated carbocycles. The van der Waals surface area contributed by atoms with Crippen molar-refractivity contribution in [1.82, 2.24) is 4.98 Å². The SMILES string of the molecule is Clc1cc2c(cc1CSc1ccccn1)OCO2. The van der Waals surface area contributed by atoms with Gasteiger partial charge >= 0.3 is 0 Å². The Labute approximate surface area is 114 Å². The van der Waals surface area contributed by atoms with E-state index >= 15 is 0 Å². The van der Waals surface area contributed by atoms with Crippen LogP contribution >= 0.6 is 23.4 Å². The third kappa shape index (κ3) is 2.40. The Morgan fingerprint density at radius 3 is 2.83 bits per heavy atom. The second-order valence-electron chi connectivity index (χ2n) is 3.75. The zero-order valence-electron chi connectivity index (χ0n) is 9.43. The first-order chi connectivity index (χ1) is 8.83. The lowest BCUT2D eigenvalue weighted by atomic mass is 10.2. The lowest BCUT2D eigenvalue weighted by Gasteiger charge is -2.05. The van der Waals surface area contributed by atoms with Crippen molar-refractivity contribution in [2.75, 3.05) is 6.79 Å². The number of halogens is 1. The number of hydrogen-bond acceptors (Lipinski definition) is 4. The van der Waals surface area contributed by atoms with E-state index in [-0.39, 0.29) is 6.79 Å². The molecule has 0 amide bonds. The predicted octanol–water partition coefficient (Wildman–Crippen LogP) is 3.76. The summed E-state index contributed by atoms with van der Waals surface area (Å²) in [5, 5.41) is 1.67. The highest BCUT2D eigenvalue weighted by Crippen LogP contribution is 2.38. The molecule has 1 aromatic carbocycles. The number of aromatic nitrogens is 1. The smallest absolute Gasteiger partial charge is 0.231 e. The van der Waals surface area contributed by atoms with Crippen LogP contribution in [0.5, 0.6) is 11.5 Å². The fourth-order valence-electron chi connectivity index (χ4n) is 1.65. The third-order valence-corrected chi connectivity index (χ3v) is 3.90. The van der Waals surface area contributed by atoms with Crippen molar-refractivity contribution in [2.24, 2.45) is 0 Å². The molecule has 0 N–H and O–H groups in total. The summed E-state index contributed by atoms with van der Waals surface area (Å²) in [6.07, 6.45) is 1.78. The molecular formula is C13H10ClNO2S. The van der Waals surface area contributed by atoms with Crippen molar-refractivity contribution in [2.45, 2.75) is 10.8 Å². The first-order valence-electron chi connectivity index (χ1n) is 5.45. The van der Waals surface area contributed by atoms with Gasteiger partial charge in [0.05, 0.1) is 5.03 Å². The van der Waals surface area contributed by atoms with Gasteiger partial charge in [-0.3, -0.25) is 0 Å². The van der Waals surface area contributed by atoms with Crippen LogP contribution in [0.4, 0.5) is 0 Å². The molecule has 3 nitrogen and oxygen atoms in total. The summed E-state index contributed by atoms with van der Waals surface area (Å²) < 4.78 is 10.6. The van der Waals surface area contributed by atoms with E-state index in [2.05, 4.69) is 4.98 Å². The summed E-state index contributed by atoms with van der Waals surface area (Å²) in [6, 6.07) is 9.58. The lowest BCUT2D eigenvalue weighted by molar-refractivity contribution is 0.174. The summed E-state index contributed by atoms with van der Waals surface area (Å²) in [4.78, 5) is 4.26. The van der Waals surface area contributed by atoms with Crippen LogP contribution in [0, 0.1) is 0 Å². The highest BCUT2D eigenvalue weighted by molar-refractivity contribution is 7.98. The Hall–Kier alpha value is -1.39. The Morgan fingerprint density at radius 1 is 1.22 bits per heavy atom. The van der Waals surface area contributed by atoms with Gasteiger partial charge in [-0.25, -0.2) is 4.98 Å². The number of hydrogen-bond donors (Lipinski definition) is 0. The maximum atomic E-state index is 6.20. The van der Waals surface area contributed by atoms with Crippen molar-refractivity contribution in [3.63, 3.8) is 0 Å². The molecule has 0 atom stereocenters. The van der Waals surface area contributed by atoms with Gasteiger partial charge in [0, 0.05) is 23.0 Å². The zero-order valence-corrected chi connectivity index (χ0v) is 11.0. The first-order valence-corrected chi connectivity index (χ1v) is 6.81. The van der Waals surface area contributed by atoms with Gasteiger partial charge in [0.2, 0.25) is 6.79 Å². The van der Waals surface area contributed by atoms with E-state index in [9.17, 15) is 0 Å². The highest BCUT2D eigenvalue weighted by atomic mass is 35.5. The van der Waals surface area contributed by atoms with Gasteiger partial charge in [0.15, 0.2) is 11.5 Å². The molecule has 1 aliphatic heterocycles. The molecular weight excluding hydrogens is 270 g/mol. The van der Waals surface area contributed by atoms with Crippen LogP contribution in [0.15, 0.2) is 41.6 Å². The molecule has 1 aliphatic rings.